The van der Waals surface area contributed by atoms with Crippen molar-refractivity contribution in [2.75, 3.05) is 7.05 Å². The van der Waals surface area contributed by atoms with Gasteiger partial charge in [-0.2, -0.15) is 26.3 Å². The number of rotatable bonds is 3. The van der Waals surface area contributed by atoms with Crippen molar-refractivity contribution < 1.29 is 45.5 Å². The highest BCUT2D eigenvalue weighted by atomic mass is 19.4. The number of likely N-dealkylation sites (tertiary alicyclic amines) is 2. The lowest BCUT2D eigenvalue weighted by Gasteiger charge is -2.52. The third kappa shape index (κ3) is 4.12. The van der Waals surface area contributed by atoms with Crippen molar-refractivity contribution >= 4 is 23.6 Å². The lowest BCUT2D eigenvalue weighted by atomic mass is 9.54. The third-order valence-electron chi connectivity index (χ3n) is 10.6. The smallest absolute Gasteiger partial charge is 0.285 e. The van der Waals surface area contributed by atoms with E-state index in [1.165, 1.54) is 7.05 Å². The van der Waals surface area contributed by atoms with Gasteiger partial charge in [0.2, 0.25) is 23.6 Å². The van der Waals surface area contributed by atoms with E-state index in [-0.39, 0.29) is 24.8 Å². The van der Waals surface area contributed by atoms with Gasteiger partial charge in [-0.05, 0) is 69.1 Å². The predicted molar refractivity (Wildman–Crippen MR) is 124 cm³/mol. The monoisotopic (exact) mass is 564 g/mol. The van der Waals surface area contributed by atoms with Crippen LogP contribution in [0, 0.1) is 46.8 Å². The molecule has 2 saturated heterocycles. The van der Waals surface area contributed by atoms with Crippen LogP contribution in [0.1, 0.15) is 71.1 Å². The zero-order valence-electron chi connectivity index (χ0n) is 22.0. The Labute approximate surface area is 222 Å². The molecular formula is C27H34F6N2O4. The first-order valence-electron chi connectivity index (χ1n) is 13.9. The minimum Gasteiger partial charge on any atom is -0.285 e. The Hall–Kier alpha value is -2.14. The van der Waals surface area contributed by atoms with Crippen molar-refractivity contribution in [2.24, 2.45) is 46.8 Å². The van der Waals surface area contributed by atoms with Crippen LogP contribution < -0.4 is 0 Å². The molecule has 0 bridgehead atoms. The molecule has 0 aromatic heterocycles. The van der Waals surface area contributed by atoms with Gasteiger partial charge in [-0.3, -0.25) is 29.0 Å². The topological polar surface area (TPSA) is 74.8 Å². The number of alkyl halides is 6. The zero-order valence-corrected chi connectivity index (χ0v) is 22.0. The Morgan fingerprint density at radius 1 is 0.615 bits per heavy atom. The second-order valence-corrected chi connectivity index (χ2v) is 12.5. The fourth-order valence-electron chi connectivity index (χ4n) is 8.79. The van der Waals surface area contributed by atoms with Crippen LogP contribution in [0.2, 0.25) is 0 Å². The Balaban J connectivity index is 1.48. The van der Waals surface area contributed by atoms with Crippen LogP contribution >= 0.6 is 0 Å². The van der Waals surface area contributed by atoms with Crippen LogP contribution in [0.3, 0.4) is 0 Å². The molecule has 3 aliphatic carbocycles. The van der Waals surface area contributed by atoms with Crippen LogP contribution in [0.25, 0.3) is 0 Å². The molecule has 2 aliphatic heterocycles. The van der Waals surface area contributed by atoms with E-state index in [1.807, 2.05) is 6.92 Å². The molecule has 218 valence electrons. The van der Waals surface area contributed by atoms with Crippen LogP contribution in [0.4, 0.5) is 26.3 Å². The largest absolute Gasteiger partial charge is 0.403 e. The quantitative estimate of drug-likeness (QED) is 0.353. The molecule has 0 radical (unpaired) electrons. The van der Waals surface area contributed by atoms with Crippen LogP contribution in [-0.4, -0.2) is 58.9 Å². The number of carbonyl (C=O) groups is 4. The van der Waals surface area contributed by atoms with Gasteiger partial charge in [0, 0.05) is 13.1 Å². The van der Waals surface area contributed by atoms with Crippen molar-refractivity contribution in [3.05, 3.63) is 0 Å². The second-order valence-electron chi connectivity index (χ2n) is 12.5. The molecule has 0 spiro atoms. The van der Waals surface area contributed by atoms with Gasteiger partial charge in [-0.15, -0.1) is 0 Å². The highest BCUT2D eigenvalue weighted by Gasteiger charge is 2.78. The number of carbonyl (C=O) groups excluding carboxylic acids is 4. The van der Waals surface area contributed by atoms with Gasteiger partial charge in [0.05, 0.1) is 23.7 Å². The van der Waals surface area contributed by atoms with E-state index in [0.717, 1.165) is 22.6 Å². The summed E-state index contributed by atoms with van der Waals surface area (Å²) >= 11 is 0. The number of nitrogens with zero attached hydrogens (tertiary/aromatic N) is 2. The summed E-state index contributed by atoms with van der Waals surface area (Å²) in [5.41, 5.74) is -4.14. The Morgan fingerprint density at radius 3 is 1.59 bits per heavy atom. The van der Waals surface area contributed by atoms with Gasteiger partial charge in [-0.25, -0.2) is 0 Å². The summed E-state index contributed by atoms with van der Waals surface area (Å²) in [6.07, 6.45) is -11.3. The molecule has 39 heavy (non-hydrogen) atoms. The summed E-state index contributed by atoms with van der Waals surface area (Å²) in [5, 5.41) is 0. The van der Waals surface area contributed by atoms with Crippen LogP contribution in [0.5, 0.6) is 0 Å². The summed E-state index contributed by atoms with van der Waals surface area (Å²) in [4.78, 5) is 53.5. The normalized spacial score (nSPS) is 38.4. The molecular weight excluding hydrogens is 530 g/mol. The Bertz CT molecular complexity index is 1040. The van der Waals surface area contributed by atoms with E-state index in [1.54, 1.807) is 0 Å². The highest BCUT2D eigenvalue weighted by Crippen LogP contribution is 2.67. The average Bonchev–Trinajstić information content (AvgIpc) is 3.22. The average molecular weight is 565 g/mol. The molecule has 6 nitrogen and oxygen atoms in total. The Morgan fingerprint density at radius 2 is 1.08 bits per heavy atom. The molecule has 5 aliphatic rings. The maximum atomic E-state index is 14.9. The summed E-state index contributed by atoms with van der Waals surface area (Å²) in [5.74, 6) is -10.3. The van der Waals surface area contributed by atoms with Crippen molar-refractivity contribution in [2.45, 2.75) is 89.5 Å². The molecule has 0 aromatic carbocycles. The van der Waals surface area contributed by atoms with Gasteiger partial charge < -0.3 is 0 Å². The lowest BCUT2D eigenvalue weighted by molar-refractivity contribution is -0.383. The zero-order chi connectivity index (χ0) is 28.7. The van der Waals surface area contributed by atoms with E-state index in [4.69, 9.17) is 0 Å². The maximum Gasteiger partial charge on any atom is 0.403 e. The first kappa shape index (κ1) is 28.4. The maximum absolute atomic E-state index is 14.9. The predicted octanol–water partition coefficient (Wildman–Crippen LogP) is 5.11. The third-order valence-corrected chi connectivity index (χ3v) is 10.6. The molecule has 3 saturated carbocycles. The summed E-state index contributed by atoms with van der Waals surface area (Å²) in [6.45, 7) is 2.00. The SMILES string of the molecule is CC1CCCC(N2C(=O)C3CCC(C(C4CCC5C(=O)N(C)C(=O)C5C4)(C(F)(F)F)C(F)(F)F)CC3C2=O)C1. The molecule has 2 heterocycles. The number of halogens is 6. The lowest BCUT2D eigenvalue weighted by Crippen LogP contribution is -2.61. The summed E-state index contributed by atoms with van der Waals surface area (Å²) in [6, 6.07) is -0.369. The van der Waals surface area contributed by atoms with Crippen LogP contribution in [0.15, 0.2) is 0 Å². The van der Waals surface area contributed by atoms with Crippen molar-refractivity contribution in [3.8, 4) is 0 Å². The standard InChI is InChI=1S/C27H34F6N2O4/c1-13-4-3-5-16(10-13)35-23(38)18-9-7-15(12-20(18)24(35)39)25(26(28,29)30,27(31,32)33)14-6-8-17-19(11-14)22(37)34(2)21(17)36/h13-20H,3-12H2,1-2H3. The van der Waals surface area contributed by atoms with E-state index >= 15 is 0 Å². The van der Waals surface area contributed by atoms with Gasteiger partial charge in [-0.1, -0.05) is 19.8 Å². The first-order chi connectivity index (χ1) is 18.1. The minimum absolute atomic E-state index is 0.217. The molecule has 0 N–H and O–H groups in total. The molecule has 8 unspecified atom stereocenters. The molecule has 5 rings (SSSR count). The van der Waals surface area contributed by atoms with E-state index in [2.05, 4.69) is 0 Å². The van der Waals surface area contributed by atoms with E-state index < -0.39 is 103 Å². The number of fused-ring (bicyclic) bond motifs is 2. The summed E-state index contributed by atoms with van der Waals surface area (Å²) in [7, 11) is 1.20. The van der Waals surface area contributed by atoms with Crippen molar-refractivity contribution in [1.82, 2.24) is 9.80 Å². The molecule has 0 aromatic rings. The van der Waals surface area contributed by atoms with Crippen molar-refractivity contribution in [3.63, 3.8) is 0 Å². The van der Waals surface area contributed by atoms with Crippen molar-refractivity contribution in [1.29, 1.82) is 0 Å². The minimum atomic E-state index is -5.71. The number of hydrogen-bond donors (Lipinski definition) is 0. The Kier molecular flexibility index (Phi) is 6.89. The fourth-order valence-corrected chi connectivity index (χ4v) is 8.79. The van der Waals surface area contributed by atoms with E-state index in [9.17, 15) is 45.5 Å². The van der Waals surface area contributed by atoms with Gasteiger partial charge in [0.1, 0.15) is 0 Å². The number of amides is 4. The van der Waals surface area contributed by atoms with Gasteiger partial charge in [0.25, 0.3) is 0 Å². The summed E-state index contributed by atoms with van der Waals surface area (Å²) < 4.78 is 89.5. The van der Waals surface area contributed by atoms with Gasteiger partial charge >= 0.3 is 12.4 Å². The second kappa shape index (κ2) is 9.46. The first-order valence-corrected chi connectivity index (χ1v) is 13.9. The van der Waals surface area contributed by atoms with E-state index in [0.29, 0.717) is 12.8 Å². The molecule has 8 atom stereocenters. The highest BCUT2D eigenvalue weighted by molar-refractivity contribution is 6.06. The fraction of sp³-hybridized carbons (Fsp3) is 0.852. The van der Waals surface area contributed by atoms with Gasteiger partial charge in [0.15, 0.2) is 5.41 Å². The number of hydrogen-bond acceptors (Lipinski definition) is 4. The molecule has 4 amide bonds. The molecule has 5 fully saturated rings. The number of imide groups is 2. The van der Waals surface area contributed by atoms with Crippen LogP contribution in [-0.2, 0) is 19.2 Å². The molecule has 12 heteroatoms.